The molecule has 8 nitrogen and oxygen atoms in total. The van der Waals surface area contributed by atoms with E-state index in [1.54, 1.807) is 17.3 Å². The highest BCUT2D eigenvalue weighted by atomic mass is 16.5. The molecule has 2 aromatic heterocycles. The van der Waals surface area contributed by atoms with Gasteiger partial charge >= 0.3 is 6.09 Å². The van der Waals surface area contributed by atoms with Crippen LogP contribution < -0.4 is 9.64 Å². The van der Waals surface area contributed by atoms with Gasteiger partial charge in [0.2, 0.25) is 5.88 Å². The largest absolute Gasteiger partial charge is 0.474 e. The average Bonchev–Trinajstić information content (AvgIpc) is 3.21. The summed E-state index contributed by atoms with van der Waals surface area (Å²) in [6, 6.07) is 4.72. The van der Waals surface area contributed by atoms with Crippen LogP contribution in [-0.4, -0.2) is 44.9 Å². The molecule has 0 spiro atoms. The van der Waals surface area contributed by atoms with Crippen LogP contribution in [0, 0.1) is 0 Å². The van der Waals surface area contributed by atoms with Crippen LogP contribution in [0.25, 0.3) is 11.0 Å². The maximum Gasteiger partial charge on any atom is 0.414 e. The van der Waals surface area contributed by atoms with E-state index in [1.165, 1.54) is 26.4 Å². The van der Waals surface area contributed by atoms with Crippen LogP contribution in [0.3, 0.4) is 0 Å². The first-order chi connectivity index (χ1) is 17.0. The van der Waals surface area contributed by atoms with E-state index < -0.39 is 0 Å². The molecule has 0 bridgehead atoms. The Balaban J connectivity index is 1.61. The number of nitrogens with zero attached hydrogens (tertiary/aromatic N) is 5. The zero-order chi connectivity index (χ0) is 24.5. The fourth-order valence-electron chi connectivity index (χ4n) is 5.63. The number of fused-ring (bicyclic) bond motifs is 3. The molecule has 5 rings (SSSR count). The topological polar surface area (TPSA) is 82.4 Å². The van der Waals surface area contributed by atoms with Gasteiger partial charge in [-0.05, 0) is 58.6 Å². The van der Waals surface area contributed by atoms with Gasteiger partial charge in [-0.25, -0.2) is 14.8 Å². The molecule has 0 N–H and O–H groups in total. The zero-order valence-electron chi connectivity index (χ0n) is 21.2. The van der Waals surface area contributed by atoms with E-state index in [4.69, 9.17) is 19.4 Å². The summed E-state index contributed by atoms with van der Waals surface area (Å²) in [7, 11) is 1.44. The van der Waals surface area contributed by atoms with Crippen LogP contribution in [-0.2, 0) is 17.6 Å². The Hall–Kier alpha value is -3.16. The molecule has 186 valence electrons. The molecule has 1 atom stereocenters. The monoisotopic (exact) mass is 477 g/mol. The number of hydrogen-bond donors (Lipinski definition) is 0. The summed E-state index contributed by atoms with van der Waals surface area (Å²) in [6.07, 6.45) is 11.6. The molecular weight excluding hydrogens is 442 g/mol. The number of aryl methyl sites for hydroxylation is 1. The number of benzene rings is 1. The third-order valence-corrected chi connectivity index (χ3v) is 7.20. The van der Waals surface area contributed by atoms with Gasteiger partial charge in [0.1, 0.15) is 5.82 Å². The second kappa shape index (κ2) is 9.84. The Morgan fingerprint density at radius 1 is 1.11 bits per heavy atom. The second-order valence-electron chi connectivity index (χ2n) is 10.0. The SMILES string of the molecule is COC(=O)N1c2ccc3c(nc(Cc4cncc(OC(C)C)n4)n3C3CCCCC3)c2CC[C@@H]1C. The van der Waals surface area contributed by atoms with Crippen molar-refractivity contribution in [1.82, 2.24) is 19.5 Å². The molecule has 3 aromatic rings. The molecule has 3 heterocycles. The van der Waals surface area contributed by atoms with Gasteiger partial charge in [0, 0.05) is 23.8 Å². The lowest BCUT2D eigenvalue weighted by atomic mass is 9.94. The molecule has 2 aliphatic rings. The van der Waals surface area contributed by atoms with Crippen LogP contribution in [0.5, 0.6) is 5.88 Å². The Morgan fingerprint density at radius 3 is 2.66 bits per heavy atom. The van der Waals surface area contributed by atoms with Crippen molar-refractivity contribution < 1.29 is 14.3 Å². The molecule has 1 aliphatic carbocycles. The summed E-state index contributed by atoms with van der Waals surface area (Å²) in [5.41, 5.74) is 5.02. The number of ether oxygens (including phenoxy) is 2. The number of methoxy groups -OCH3 is 1. The first-order valence-corrected chi connectivity index (χ1v) is 12.8. The minimum Gasteiger partial charge on any atom is -0.474 e. The molecule has 1 aromatic carbocycles. The van der Waals surface area contributed by atoms with Crippen molar-refractivity contribution in [3.63, 3.8) is 0 Å². The standard InChI is InChI=1S/C27H35N5O3/c1-17(2)35-25-16-28-15-19(29-25)14-24-30-26-21-11-10-18(3)31(27(33)34-4)22(21)12-13-23(26)32(24)20-8-6-5-7-9-20/h12-13,15-18,20H,5-11,14H2,1-4H3/t18-/m0/s1. The van der Waals surface area contributed by atoms with Crippen LogP contribution in [0.2, 0.25) is 0 Å². The second-order valence-corrected chi connectivity index (χ2v) is 10.0. The Morgan fingerprint density at radius 2 is 1.91 bits per heavy atom. The number of amides is 1. The van der Waals surface area contributed by atoms with Crippen molar-refractivity contribution in [1.29, 1.82) is 0 Å². The van der Waals surface area contributed by atoms with Gasteiger partial charge in [-0.3, -0.25) is 9.88 Å². The molecule has 0 saturated heterocycles. The minimum atomic E-state index is -0.318. The molecule has 1 fully saturated rings. The lowest BCUT2D eigenvalue weighted by Crippen LogP contribution is -2.42. The summed E-state index contributed by atoms with van der Waals surface area (Å²) in [6.45, 7) is 6.04. The van der Waals surface area contributed by atoms with Crippen molar-refractivity contribution >= 4 is 22.8 Å². The molecule has 0 radical (unpaired) electrons. The number of carbonyl (C=O) groups is 1. The highest BCUT2D eigenvalue weighted by Crippen LogP contribution is 2.39. The Bertz CT molecular complexity index is 1210. The number of carbonyl (C=O) groups excluding carboxylic acids is 1. The third kappa shape index (κ3) is 4.58. The van der Waals surface area contributed by atoms with Crippen molar-refractivity contribution in [2.24, 2.45) is 0 Å². The van der Waals surface area contributed by atoms with E-state index in [0.717, 1.165) is 59.5 Å². The van der Waals surface area contributed by atoms with Crippen LogP contribution in [0.1, 0.15) is 82.4 Å². The Kier molecular flexibility index (Phi) is 6.62. The predicted molar refractivity (Wildman–Crippen MR) is 135 cm³/mol. The van der Waals surface area contributed by atoms with Crippen LogP contribution in [0.4, 0.5) is 10.5 Å². The van der Waals surface area contributed by atoms with Crippen LogP contribution in [0.15, 0.2) is 24.5 Å². The van der Waals surface area contributed by atoms with E-state index in [0.29, 0.717) is 18.3 Å². The third-order valence-electron chi connectivity index (χ3n) is 7.20. The molecule has 1 aliphatic heterocycles. The highest BCUT2D eigenvalue weighted by molar-refractivity contribution is 5.95. The normalized spacial score (nSPS) is 18.7. The van der Waals surface area contributed by atoms with E-state index in [9.17, 15) is 4.79 Å². The summed E-state index contributed by atoms with van der Waals surface area (Å²) in [5.74, 6) is 1.54. The summed E-state index contributed by atoms with van der Waals surface area (Å²) in [5, 5.41) is 0. The number of hydrogen-bond acceptors (Lipinski definition) is 6. The van der Waals surface area contributed by atoms with Crippen molar-refractivity contribution in [3.8, 4) is 5.88 Å². The minimum absolute atomic E-state index is 0.0398. The number of anilines is 1. The van der Waals surface area contributed by atoms with E-state index >= 15 is 0 Å². The number of aromatic nitrogens is 4. The predicted octanol–water partition coefficient (Wildman–Crippen LogP) is 5.62. The van der Waals surface area contributed by atoms with Crippen molar-refractivity contribution in [2.75, 3.05) is 12.0 Å². The van der Waals surface area contributed by atoms with Gasteiger partial charge in [-0.2, -0.15) is 0 Å². The molecule has 1 saturated carbocycles. The van der Waals surface area contributed by atoms with E-state index in [-0.39, 0.29) is 18.2 Å². The van der Waals surface area contributed by atoms with Gasteiger partial charge in [0.15, 0.2) is 0 Å². The lowest BCUT2D eigenvalue weighted by molar-refractivity contribution is 0.175. The quantitative estimate of drug-likeness (QED) is 0.475. The molecule has 0 unspecified atom stereocenters. The van der Waals surface area contributed by atoms with Crippen LogP contribution >= 0.6 is 0 Å². The smallest absolute Gasteiger partial charge is 0.414 e. The zero-order valence-corrected chi connectivity index (χ0v) is 21.2. The molecule has 8 heteroatoms. The fourth-order valence-corrected chi connectivity index (χ4v) is 5.63. The van der Waals surface area contributed by atoms with Crippen molar-refractivity contribution in [3.05, 3.63) is 41.6 Å². The summed E-state index contributed by atoms with van der Waals surface area (Å²) in [4.78, 5) is 28.6. The number of imidazole rings is 1. The summed E-state index contributed by atoms with van der Waals surface area (Å²) >= 11 is 0. The lowest BCUT2D eigenvalue weighted by Gasteiger charge is -2.34. The Labute approximate surface area is 206 Å². The molecular formula is C27H35N5O3. The highest BCUT2D eigenvalue weighted by Gasteiger charge is 2.32. The van der Waals surface area contributed by atoms with Gasteiger partial charge in [-0.15, -0.1) is 0 Å². The van der Waals surface area contributed by atoms with E-state index in [2.05, 4.69) is 28.6 Å². The maximum absolute atomic E-state index is 12.6. The fraction of sp³-hybridized carbons (Fsp3) is 0.556. The first-order valence-electron chi connectivity index (χ1n) is 12.8. The maximum atomic E-state index is 12.6. The first kappa shape index (κ1) is 23.6. The van der Waals surface area contributed by atoms with E-state index in [1.807, 2.05) is 13.8 Å². The molecule has 1 amide bonds. The van der Waals surface area contributed by atoms with Gasteiger partial charge in [-0.1, -0.05) is 19.3 Å². The van der Waals surface area contributed by atoms with Gasteiger partial charge in [0.05, 0.1) is 48.2 Å². The summed E-state index contributed by atoms with van der Waals surface area (Å²) < 4.78 is 13.3. The van der Waals surface area contributed by atoms with Gasteiger partial charge in [0.25, 0.3) is 0 Å². The van der Waals surface area contributed by atoms with Crippen molar-refractivity contribution in [2.45, 2.75) is 90.3 Å². The van der Waals surface area contributed by atoms with Gasteiger partial charge < -0.3 is 14.0 Å². The molecule has 35 heavy (non-hydrogen) atoms. The average molecular weight is 478 g/mol. The number of rotatable bonds is 5.